The van der Waals surface area contributed by atoms with Crippen LogP contribution in [-0.2, 0) is 0 Å². The molecule has 0 spiro atoms. The fourth-order valence-electron chi connectivity index (χ4n) is 1.90. The summed E-state index contributed by atoms with van der Waals surface area (Å²) in [5.41, 5.74) is 1.34. The molecular formula is C14H10ClNO2. The van der Waals surface area contributed by atoms with E-state index >= 15 is 0 Å². The predicted octanol–water partition coefficient (Wildman–Crippen LogP) is 3.56. The number of hydrogen-bond donors (Lipinski definition) is 1. The molecule has 0 aliphatic carbocycles. The molecule has 3 aromatic rings. The Hall–Kier alpha value is -1.84. The number of rotatable bonds is 2. The molecule has 0 saturated heterocycles. The maximum atomic E-state index is 10.3. The van der Waals surface area contributed by atoms with Gasteiger partial charge in [-0.2, -0.15) is 0 Å². The van der Waals surface area contributed by atoms with Gasteiger partial charge in [-0.1, -0.05) is 29.8 Å². The van der Waals surface area contributed by atoms with Gasteiger partial charge in [-0.25, -0.2) is 0 Å². The summed E-state index contributed by atoms with van der Waals surface area (Å²) in [6, 6.07) is 11.1. The van der Waals surface area contributed by atoms with Crippen molar-refractivity contribution in [2.75, 3.05) is 0 Å². The van der Waals surface area contributed by atoms with Gasteiger partial charge in [-0.15, -0.1) is 0 Å². The van der Waals surface area contributed by atoms with Crippen molar-refractivity contribution in [1.82, 2.24) is 4.98 Å². The fraction of sp³-hybridized carbons (Fsp3) is 0.0714. The number of benzene rings is 1. The molecule has 90 valence electrons. The summed E-state index contributed by atoms with van der Waals surface area (Å²) in [7, 11) is 0. The summed E-state index contributed by atoms with van der Waals surface area (Å²) < 4.78 is 5.61. The molecule has 0 radical (unpaired) electrons. The van der Waals surface area contributed by atoms with Gasteiger partial charge < -0.3 is 9.52 Å². The van der Waals surface area contributed by atoms with E-state index in [9.17, 15) is 5.11 Å². The first-order chi connectivity index (χ1) is 8.75. The standard InChI is InChI=1S/C14H10ClNO2/c15-11-8-16-6-5-10(11)14(17)13-7-9-3-1-2-4-12(9)18-13/h1-8,14,17H. The monoisotopic (exact) mass is 259 g/mol. The number of aliphatic hydroxyl groups is 1. The third-order valence-corrected chi connectivity index (χ3v) is 3.13. The van der Waals surface area contributed by atoms with Crippen molar-refractivity contribution < 1.29 is 9.52 Å². The number of nitrogens with zero attached hydrogens (tertiary/aromatic N) is 1. The molecule has 1 atom stereocenters. The molecular weight excluding hydrogens is 250 g/mol. The Morgan fingerprint density at radius 3 is 2.83 bits per heavy atom. The Bertz CT molecular complexity index is 660. The van der Waals surface area contributed by atoms with E-state index in [0.29, 0.717) is 16.3 Å². The number of fused-ring (bicyclic) bond motifs is 1. The third kappa shape index (κ3) is 1.88. The molecule has 2 heterocycles. The lowest BCUT2D eigenvalue weighted by Gasteiger charge is -2.08. The number of pyridine rings is 1. The maximum Gasteiger partial charge on any atom is 0.138 e. The van der Waals surface area contributed by atoms with Crippen molar-refractivity contribution >= 4 is 22.6 Å². The van der Waals surface area contributed by atoms with Crippen LogP contribution >= 0.6 is 11.6 Å². The predicted molar refractivity (Wildman–Crippen MR) is 69.5 cm³/mol. The average Bonchev–Trinajstić information content (AvgIpc) is 2.82. The number of aromatic nitrogens is 1. The highest BCUT2D eigenvalue weighted by Gasteiger charge is 2.17. The van der Waals surface area contributed by atoms with E-state index in [-0.39, 0.29) is 0 Å². The minimum atomic E-state index is -0.882. The first kappa shape index (κ1) is 11.3. The quantitative estimate of drug-likeness (QED) is 0.765. The van der Waals surface area contributed by atoms with Gasteiger partial charge in [-0.05, 0) is 18.2 Å². The van der Waals surface area contributed by atoms with Crippen LogP contribution < -0.4 is 0 Å². The number of para-hydroxylation sites is 1. The molecule has 0 bridgehead atoms. The Labute approximate surface area is 109 Å². The Morgan fingerprint density at radius 2 is 2.06 bits per heavy atom. The summed E-state index contributed by atoms with van der Waals surface area (Å²) in [4.78, 5) is 3.89. The van der Waals surface area contributed by atoms with Crippen molar-refractivity contribution in [1.29, 1.82) is 0 Å². The lowest BCUT2D eigenvalue weighted by molar-refractivity contribution is 0.192. The summed E-state index contributed by atoms with van der Waals surface area (Å²) in [5, 5.41) is 11.6. The molecule has 4 heteroatoms. The Balaban J connectivity index is 2.07. The van der Waals surface area contributed by atoms with Crippen molar-refractivity contribution in [3.8, 4) is 0 Å². The highest BCUT2D eigenvalue weighted by molar-refractivity contribution is 6.31. The van der Waals surface area contributed by atoms with E-state index in [1.165, 1.54) is 6.20 Å². The van der Waals surface area contributed by atoms with E-state index in [4.69, 9.17) is 16.0 Å². The molecule has 0 aliphatic heterocycles. The van der Waals surface area contributed by atoms with Crippen LogP contribution in [0, 0.1) is 0 Å². The molecule has 0 saturated carbocycles. The van der Waals surface area contributed by atoms with Gasteiger partial charge in [0.15, 0.2) is 0 Å². The first-order valence-corrected chi connectivity index (χ1v) is 5.89. The summed E-state index contributed by atoms with van der Waals surface area (Å²) in [5.74, 6) is 0.476. The minimum absolute atomic E-state index is 0.422. The SMILES string of the molecule is OC(c1cc2ccccc2o1)c1ccncc1Cl. The number of hydrogen-bond acceptors (Lipinski definition) is 3. The molecule has 0 amide bonds. The second-order valence-electron chi connectivity index (χ2n) is 3.99. The molecule has 0 aliphatic rings. The largest absolute Gasteiger partial charge is 0.458 e. The smallest absolute Gasteiger partial charge is 0.138 e. The third-order valence-electron chi connectivity index (χ3n) is 2.81. The van der Waals surface area contributed by atoms with Crippen molar-refractivity contribution in [3.63, 3.8) is 0 Å². The van der Waals surface area contributed by atoms with Crippen molar-refractivity contribution in [3.05, 3.63) is 65.1 Å². The summed E-state index contributed by atoms with van der Waals surface area (Å²) >= 11 is 6.00. The molecule has 0 fully saturated rings. The zero-order valence-corrected chi connectivity index (χ0v) is 10.1. The highest BCUT2D eigenvalue weighted by Crippen LogP contribution is 2.31. The van der Waals surface area contributed by atoms with E-state index in [0.717, 1.165) is 11.0 Å². The van der Waals surface area contributed by atoms with Gasteiger partial charge in [0, 0.05) is 23.3 Å². The van der Waals surface area contributed by atoms with E-state index in [1.807, 2.05) is 30.3 Å². The fourth-order valence-corrected chi connectivity index (χ4v) is 2.12. The van der Waals surface area contributed by atoms with E-state index in [1.54, 1.807) is 12.3 Å². The van der Waals surface area contributed by atoms with Gasteiger partial charge in [0.25, 0.3) is 0 Å². The molecule has 2 aromatic heterocycles. The van der Waals surface area contributed by atoms with Gasteiger partial charge in [0.05, 0.1) is 5.02 Å². The van der Waals surface area contributed by atoms with Crippen molar-refractivity contribution in [2.45, 2.75) is 6.10 Å². The van der Waals surface area contributed by atoms with Gasteiger partial charge in [0.2, 0.25) is 0 Å². The molecule has 1 N–H and O–H groups in total. The van der Waals surface area contributed by atoms with Crippen LogP contribution in [-0.4, -0.2) is 10.1 Å². The van der Waals surface area contributed by atoms with Gasteiger partial charge in [-0.3, -0.25) is 4.98 Å². The Kier molecular flexibility index (Phi) is 2.78. The number of furan rings is 1. The van der Waals surface area contributed by atoms with Crippen LogP contribution in [0.15, 0.2) is 53.2 Å². The average molecular weight is 260 g/mol. The molecule has 3 rings (SSSR count). The highest BCUT2D eigenvalue weighted by atomic mass is 35.5. The normalized spacial score (nSPS) is 12.8. The van der Waals surface area contributed by atoms with Crippen LogP contribution in [0.3, 0.4) is 0 Å². The molecule has 18 heavy (non-hydrogen) atoms. The second kappa shape index (κ2) is 4.44. The molecule has 3 nitrogen and oxygen atoms in total. The lowest BCUT2D eigenvalue weighted by Crippen LogP contribution is -1.99. The van der Waals surface area contributed by atoms with Gasteiger partial charge >= 0.3 is 0 Å². The van der Waals surface area contributed by atoms with Crippen LogP contribution in [0.2, 0.25) is 5.02 Å². The maximum absolute atomic E-state index is 10.3. The first-order valence-electron chi connectivity index (χ1n) is 5.51. The lowest BCUT2D eigenvalue weighted by atomic mass is 10.1. The molecule has 1 unspecified atom stereocenters. The number of halogens is 1. The van der Waals surface area contributed by atoms with Gasteiger partial charge in [0.1, 0.15) is 17.4 Å². The zero-order valence-electron chi connectivity index (χ0n) is 9.38. The second-order valence-corrected chi connectivity index (χ2v) is 4.39. The molecule has 1 aromatic carbocycles. The number of aliphatic hydroxyl groups excluding tert-OH is 1. The van der Waals surface area contributed by atoms with Crippen LogP contribution in [0.25, 0.3) is 11.0 Å². The summed E-state index contributed by atoms with van der Waals surface area (Å²) in [6.07, 6.45) is 2.21. The van der Waals surface area contributed by atoms with Crippen molar-refractivity contribution in [2.24, 2.45) is 0 Å². The van der Waals surface area contributed by atoms with Crippen LogP contribution in [0.1, 0.15) is 17.4 Å². The zero-order chi connectivity index (χ0) is 12.5. The van der Waals surface area contributed by atoms with Crippen LogP contribution in [0.5, 0.6) is 0 Å². The summed E-state index contributed by atoms with van der Waals surface area (Å²) in [6.45, 7) is 0. The van der Waals surface area contributed by atoms with E-state index < -0.39 is 6.10 Å². The van der Waals surface area contributed by atoms with Crippen LogP contribution in [0.4, 0.5) is 0 Å². The Morgan fingerprint density at radius 1 is 1.22 bits per heavy atom. The van der Waals surface area contributed by atoms with E-state index in [2.05, 4.69) is 4.98 Å². The topological polar surface area (TPSA) is 46.3 Å². The minimum Gasteiger partial charge on any atom is -0.458 e.